The molecule has 23 heavy (non-hydrogen) atoms. The number of benzene rings is 1. The highest BCUT2D eigenvalue weighted by Gasteiger charge is 2.34. The molecule has 0 radical (unpaired) electrons. The summed E-state index contributed by atoms with van der Waals surface area (Å²) >= 11 is 1.88. The van der Waals surface area contributed by atoms with E-state index in [1.165, 1.54) is 4.90 Å². The molecule has 0 saturated carbocycles. The third-order valence-corrected chi connectivity index (χ3v) is 6.27. The van der Waals surface area contributed by atoms with Gasteiger partial charge in [-0.3, -0.25) is 9.69 Å². The van der Waals surface area contributed by atoms with Gasteiger partial charge in [0.1, 0.15) is 0 Å². The molecule has 2 atom stereocenters. The predicted octanol–water partition coefficient (Wildman–Crippen LogP) is 2.57. The summed E-state index contributed by atoms with van der Waals surface area (Å²) in [5.41, 5.74) is 7.12. The van der Waals surface area contributed by atoms with E-state index in [2.05, 4.69) is 36.9 Å². The van der Waals surface area contributed by atoms with Crippen LogP contribution in [0.1, 0.15) is 26.7 Å². The number of anilines is 1. The lowest BCUT2D eigenvalue weighted by atomic mass is 9.90. The molecule has 0 aliphatic carbocycles. The van der Waals surface area contributed by atoms with Gasteiger partial charge in [0.05, 0.1) is 12.2 Å². The molecule has 0 aromatic heterocycles. The molecule has 1 aromatic rings. The molecular weight excluding hydrogens is 306 g/mol. The maximum absolute atomic E-state index is 12.9. The van der Waals surface area contributed by atoms with Crippen molar-refractivity contribution in [3.8, 4) is 0 Å². The van der Waals surface area contributed by atoms with Crippen molar-refractivity contribution in [3.63, 3.8) is 0 Å². The monoisotopic (exact) mass is 333 g/mol. The second kappa shape index (κ2) is 6.83. The molecule has 126 valence electrons. The van der Waals surface area contributed by atoms with Gasteiger partial charge in [0.25, 0.3) is 0 Å². The zero-order valence-electron chi connectivity index (χ0n) is 14.1. The minimum Gasteiger partial charge on any atom is -0.330 e. The summed E-state index contributed by atoms with van der Waals surface area (Å²) in [6.45, 7) is 8.36. The van der Waals surface area contributed by atoms with Crippen LogP contribution in [-0.4, -0.2) is 48.8 Å². The second-order valence-electron chi connectivity index (χ2n) is 7.21. The number of rotatable bonds is 3. The lowest BCUT2D eigenvalue weighted by molar-refractivity contribution is -0.119. The van der Waals surface area contributed by atoms with E-state index in [0.717, 1.165) is 38.2 Å². The standard InChI is InChI=1S/C18H27N3OS/c1-14-7-9-21(15-5-3-4-6-16(15)23-14)17(22)11-20-10-8-18(2,12-19)13-20/h3-6,14H,7-13,19H2,1-2H3. The normalized spacial score (nSPS) is 28.5. The van der Waals surface area contributed by atoms with Gasteiger partial charge in [0.15, 0.2) is 0 Å². The van der Waals surface area contributed by atoms with Crippen LogP contribution in [0.4, 0.5) is 5.69 Å². The van der Waals surface area contributed by atoms with E-state index in [9.17, 15) is 4.79 Å². The van der Waals surface area contributed by atoms with Gasteiger partial charge >= 0.3 is 0 Å². The summed E-state index contributed by atoms with van der Waals surface area (Å²) in [4.78, 5) is 18.4. The van der Waals surface area contributed by atoms with Gasteiger partial charge in [-0.2, -0.15) is 0 Å². The van der Waals surface area contributed by atoms with Crippen LogP contribution in [-0.2, 0) is 4.79 Å². The maximum atomic E-state index is 12.9. The van der Waals surface area contributed by atoms with E-state index < -0.39 is 0 Å². The number of amides is 1. The lowest BCUT2D eigenvalue weighted by Crippen LogP contribution is -2.41. The molecule has 3 rings (SSSR count). The van der Waals surface area contributed by atoms with Crippen LogP contribution in [0.25, 0.3) is 0 Å². The minimum atomic E-state index is 0.168. The highest BCUT2D eigenvalue weighted by atomic mass is 32.2. The third kappa shape index (κ3) is 3.73. The van der Waals surface area contributed by atoms with Crippen LogP contribution in [0.5, 0.6) is 0 Å². The molecule has 5 heteroatoms. The Hall–Kier alpha value is -1.04. The first-order valence-corrected chi connectivity index (χ1v) is 9.37. The van der Waals surface area contributed by atoms with Gasteiger partial charge < -0.3 is 10.6 Å². The first-order valence-electron chi connectivity index (χ1n) is 8.49. The number of hydrogen-bond donors (Lipinski definition) is 1. The maximum Gasteiger partial charge on any atom is 0.241 e. The molecule has 0 spiro atoms. The van der Waals surface area contributed by atoms with E-state index >= 15 is 0 Å². The molecule has 2 unspecified atom stereocenters. The zero-order valence-corrected chi connectivity index (χ0v) is 14.9. The highest BCUT2D eigenvalue weighted by Crippen LogP contribution is 2.37. The summed E-state index contributed by atoms with van der Waals surface area (Å²) in [7, 11) is 0. The summed E-state index contributed by atoms with van der Waals surface area (Å²) < 4.78 is 0. The zero-order chi connectivity index (χ0) is 16.4. The van der Waals surface area contributed by atoms with Crippen molar-refractivity contribution < 1.29 is 4.79 Å². The topological polar surface area (TPSA) is 49.6 Å². The highest BCUT2D eigenvalue weighted by molar-refractivity contribution is 8.00. The van der Waals surface area contributed by atoms with Gasteiger partial charge in [-0.05, 0) is 43.5 Å². The third-order valence-electron chi connectivity index (χ3n) is 5.03. The first-order chi connectivity index (χ1) is 11.0. The number of nitrogens with two attached hydrogens (primary N) is 1. The molecule has 2 aliphatic heterocycles. The molecule has 1 fully saturated rings. The Balaban J connectivity index is 1.72. The molecule has 1 amide bonds. The number of carbonyl (C=O) groups excluding carboxylic acids is 1. The van der Waals surface area contributed by atoms with Crippen LogP contribution in [0.3, 0.4) is 0 Å². The average molecular weight is 334 g/mol. The van der Waals surface area contributed by atoms with Crippen LogP contribution in [0, 0.1) is 5.41 Å². The predicted molar refractivity (Wildman–Crippen MR) is 96.9 cm³/mol. The van der Waals surface area contributed by atoms with Gasteiger partial charge in [0, 0.05) is 23.2 Å². The van der Waals surface area contributed by atoms with Crippen molar-refractivity contribution in [2.75, 3.05) is 37.6 Å². The van der Waals surface area contributed by atoms with Crippen LogP contribution in [0.15, 0.2) is 29.2 Å². The fraction of sp³-hybridized carbons (Fsp3) is 0.611. The fourth-order valence-electron chi connectivity index (χ4n) is 3.45. The molecule has 0 bridgehead atoms. The Morgan fingerprint density at radius 1 is 1.39 bits per heavy atom. The van der Waals surface area contributed by atoms with Crippen molar-refractivity contribution in [2.24, 2.45) is 11.1 Å². The average Bonchev–Trinajstić information content (AvgIpc) is 2.81. The summed E-state index contributed by atoms with van der Waals surface area (Å²) in [6, 6.07) is 8.28. The smallest absolute Gasteiger partial charge is 0.241 e. The number of likely N-dealkylation sites (tertiary alicyclic amines) is 1. The summed E-state index contributed by atoms with van der Waals surface area (Å²) in [6.07, 6.45) is 2.12. The van der Waals surface area contributed by atoms with Crippen molar-refractivity contribution in [3.05, 3.63) is 24.3 Å². The van der Waals surface area contributed by atoms with Crippen molar-refractivity contribution in [2.45, 2.75) is 36.8 Å². The summed E-state index contributed by atoms with van der Waals surface area (Å²) in [5, 5.41) is 0.543. The lowest BCUT2D eigenvalue weighted by Gasteiger charge is -2.26. The number of nitrogens with zero attached hydrogens (tertiary/aromatic N) is 2. The molecule has 1 saturated heterocycles. The summed E-state index contributed by atoms with van der Waals surface area (Å²) in [5.74, 6) is 0.216. The van der Waals surface area contributed by atoms with Crippen molar-refractivity contribution >= 4 is 23.4 Å². The van der Waals surface area contributed by atoms with Gasteiger partial charge in [0.2, 0.25) is 5.91 Å². The SMILES string of the molecule is CC1CCN(C(=O)CN2CCC(C)(CN)C2)c2ccccc2S1. The molecule has 4 nitrogen and oxygen atoms in total. The first kappa shape index (κ1) is 16.8. The Morgan fingerprint density at radius 2 is 2.17 bits per heavy atom. The number of carbonyl (C=O) groups is 1. The van der Waals surface area contributed by atoms with Gasteiger partial charge in [-0.15, -0.1) is 11.8 Å². The molecule has 1 aromatic carbocycles. The Morgan fingerprint density at radius 3 is 2.91 bits per heavy atom. The second-order valence-corrected chi connectivity index (χ2v) is 8.69. The Bertz CT molecular complexity index is 579. The molecule has 2 aliphatic rings. The Kier molecular flexibility index (Phi) is 4.99. The molecule has 2 N–H and O–H groups in total. The number of fused-ring (bicyclic) bond motifs is 1. The van der Waals surface area contributed by atoms with E-state index in [4.69, 9.17) is 5.73 Å². The van der Waals surface area contributed by atoms with Crippen LogP contribution >= 0.6 is 11.8 Å². The minimum absolute atomic E-state index is 0.168. The van der Waals surface area contributed by atoms with Crippen LogP contribution in [0.2, 0.25) is 0 Å². The quantitative estimate of drug-likeness (QED) is 0.924. The van der Waals surface area contributed by atoms with E-state index in [-0.39, 0.29) is 11.3 Å². The number of hydrogen-bond acceptors (Lipinski definition) is 4. The molecular formula is C18H27N3OS. The number of thioether (sulfide) groups is 1. The van der Waals surface area contributed by atoms with Crippen molar-refractivity contribution in [1.29, 1.82) is 0 Å². The van der Waals surface area contributed by atoms with E-state index in [0.29, 0.717) is 18.3 Å². The molecule has 2 heterocycles. The van der Waals surface area contributed by atoms with Crippen LogP contribution < -0.4 is 10.6 Å². The number of para-hydroxylation sites is 1. The van der Waals surface area contributed by atoms with Gasteiger partial charge in [-0.25, -0.2) is 0 Å². The van der Waals surface area contributed by atoms with E-state index in [1.54, 1.807) is 0 Å². The van der Waals surface area contributed by atoms with E-state index in [1.807, 2.05) is 22.7 Å². The largest absolute Gasteiger partial charge is 0.330 e. The van der Waals surface area contributed by atoms with Gasteiger partial charge in [-0.1, -0.05) is 26.0 Å². The Labute approximate surface area is 143 Å². The fourth-order valence-corrected chi connectivity index (χ4v) is 4.56. The van der Waals surface area contributed by atoms with Crippen molar-refractivity contribution in [1.82, 2.24) is 4.90 Å².